The number of hydrogen-bond donors (Lipinski definition) is 1. The van der Waals surface area contributed by atoms with Crippen LogP contribution in [0.2, 0.25) is 0 Å². The third kappa shape index (κ3) is 4.19. The Morgan fingerprint density at radius 1 is 1.38 bits per heavy atom. The van der Waals surface area contributed by atoms with E-state index in [1.165, 1.54) is 6.33 Å². The van der Waals surface area contributed by atoms with E-state index in [1.807, 2.05) is 35.6 Å². The summed E-state index contributed by atoms with van der Waals surface area (Å²) in [6, 6.07) is 3.83. The van der Waals surface area contributed by atoms with Gasteiger partial charge in [0.15, 0.2) is 0 Å². The average molecular weight is 358 g/mol. The summed E-state index contributed by atoms with van der Waals surface area (Å²) in [4.78, 5) is 24.5. The Morgan fingerprint density at radius 3 is 2.88 bits per heavy atom. The molecule has 2 aromatic heterocycles. The van der Waals surface area contributed by atoms with Crippen molar-refractivity contribution < 1.29 is 9.90 Å². The molecule has 1 saturated heterocycles. The van der Waals surface area contributed by atoms with Crippen molar-refractivity contribution in [3.63, 3.8) is 0 Å². The van der Waals surface area contributed by atoms with Crippen molar-refractivity contribution in [1.29, 1.82) is 0 Å². The smallest absolute Gasteiger partial charge is 0.224 e. The first-order valence-corrected chi connectivity index (χ1v) is 8.85. The summed E-state index contributed by atoms with van der Waals surface area (Å²) in [6.45, 7) is 5.91. The molecule has 0 radical (unpaired) electrons. The Balaban J connectivity index is 1.54. The van der Waals surface area contributed by atoms with Gasteiger partial charge in [-0.2, -0.15) is 5.10 Å². The van der Waals surface area contributed by atoms with Crippen LogP contribution in [0, 0.1) is 13.8 Å². The van der Waals surface area contributed by atoms with Crippen LogP contribution in [0.4, 0.5) is 5.82 Å². The number of rotatable bonds is 6. The summed E-state index contributed by atoms with van der Waals surface area (Å²) < 4.78 is 1.81. The molecule has 3 rings (SSSR count). The van der Waals surface area contributed by atoms with Gasteiger partial charge in [-0.25, -0.2) is 9.97 Å². The quantitative estimate of drug-likeness (QED) is 0.821. The largest absolute Gasteiger partial charge is 0.386 e. The van der Waals surface area contributed by atoms with Crippen LogP contribution in [0.5, 0.6) is 0 Å². The molecule has 0 saturated carbocycles. The molecule has 1 aliphatic rings. The van der Waals surface area contributed by atoms with Crippen LogP contribution in [0.1, 0.15) is 24.2 Å². The highest BCUT2D eigenvalue weighted by molar-refractivity contribution is 5.75. The number of carbonyl (C=O) groups excluding carboxylic acids is 1. The zero-order chi connectivity index (χ0) is 18.7. The van der Waals surface area contributed by atoms with E-state index >= 15 is 0 Å². The molecular weight excluding hydrogens is 332 g/mol. The highest BCUT2D eigenvalue weighted by atomic mass is 16.3. The van der Waals surface area contributed by atoms with E-state index < -0.39 is 5.60 Å². The van der Waals surface area contributed by atoms with Crippen LogP contribution in [-0.4, -0.2) is 67.9 Å². The van der Waals surface area contributed by atoms with Gasteiger partial charge in [0.05, 0.1) is 6.54 Å². The number of aliphatic hydroxyl groups is 1. The van der Waals surface area contributed by atoms with Gasteiger partial charge in [-0.1, -0.05) is 0 Å². The molecule has 0 spiro atoms. The third-order valence-corrected chi connectivity index (χ3v) is 4.87. The van der Waals surface area contributed by atoms with E-state index in [-0.39, 0.29) is 5.91 Å². The van der Waals surface area contributed by atoms with Gasteiger partial charge in [0.1, 0.15) is 17.7 Å². The molecule has 0 aliphatic carbocycles. The molecule has 26 heavy (non-hydrogen) atoms. The second-order valence-electron chi connectivity index (χ2n) is 7.11. The van der Waals surface area contributed by atoms with Crippen LogP contribution >= 0.6 is 0 Å². The standard InChI is InChI=1S/C18H26N6O2/c1-14-10-16(20-13-19-14)23-9-6-18(26,12-23)11-22(3)17(25)5-8-24-15(2)4-7-21-24/h4,7,10,13,26H,5-6,8-9,11-12H2,1-3H3. The predicted molar refractivity (Wildman–Crippen MR) is 97.8 cm³/mol. The van der Waals surface area contributed by atoms with Crippen molar-refractivity contribution in [2.24, 2.45) is 0 Å². The summed E-state index contributed by atoms with van der Waals surface area (Å²) in [5, 5.41) is 15.1. The molecule has 2 aromatic rings. The lowest BCUT2D eigenvalue weighted by Gasteiger charge is -2.29. The Kier molecular flexibility index (Phi) is 5.22. The fourth-order valence-electron chi connectivity index (χ4n) is 3.35. The second kappa shape index (κ2) is 7.41. The number of β-amino-alcohol motifs (C(OH)–C–C–N with tert-alkyl or cyclic N) is 1. The van der Waals surface area contributed by atoms with E-state index in [9.17, 15) is 9.90 Å². The fraction of sp³-hybridized carbons (Fsp3) is 0.556. The Hall–Kier alpha value is -2.48. The molecular formula is C18H26N6O2. The summed E-state index contributed by atoms with van der Waals surface area (Å²) in [5.74, 6) is 0.821. The summed E-state index contributed by atoms with van der Waals surface area (Å²) >= 11 is 0. The molecule has 0 aromatic carbocycles. The second-order valence-corrected chi connectivity index (χ2v) is 7.11. The first-order chi connectivity index (χ1) is 12.4. The molecule has 8 heteroatoms. The highest BCUT2D eigenvalue weighted by Crippen LogP contribution is 2.26. The summed E-state index contributed by atoms with van der Waals surface area (Å²) in [5.41, 5.74) is 1.00. The van der Waals surface area contributed by atoms with Crippen molar-refractivity contribution in [3.8, 4) is 0 Å². The minimum Gasteiger partial charge on any atom is -0.386 e. The predicted octanol–water partition coefficient (Wildman–Crippen LogP) is 0.780. The third-order valence-electron chi connectivity index (χ3n) is 4.87. The van der Waals surface area contributed by atoms with Crippen LogP contribution in [0.15, 0.2) is 24.7 Å². The Labute approximate surface area is 153 Å². The number of carbonyl (C=O) groups is 1. The zero-order valence-corrected chi connectivity index (χ0v) is 15.6. The van der Waals surface area contributed by atoms with Crippen LogP contribution in [0.3, 0.4) is 0 Å². The first-order valence-electron chi connectivity index (χ1n) is 8.85. The van der Waals surface area contributed by atoms with Gasteiger partial charge in [-0.05, 0) is 26.3 Å². The normalized spacial score (nSPS) is 19.8. The lowest BCUT2D eigenvalue weighted by Crippen LogP contribution is -2.46. The maximum atomic E-state index is 12.4. The number of nitrogens with zero attached hydrogens (tertiary/aromatic N) is 6. The minimum absolute atomic E-state index is 0.00431. The SMILES string of the molecule is Cc1cc(N2CCC(O)(CN(C)C(=O)CCn3nccc3C)C2)ncn1. The van der Waals surface area contributed by atoms with E-state index in [0.29, 0.717) is 39.0 Å². The molecule has 1 amide bonds. The van der Waals surface area contributed by atoms with Crippen molar-refractivity contribution in [1.82, 2.24) is 24.6 Å². The molecule has 0 bridgehead atoms. The maximum Gasteiger partial charge on any atom is 0.224 e. The highest BCUT2D eigenvalue weighted by Gasteiger charge is 2.38. The number of amides is 1. The van der Waals surface area contributed by atoms with Gasteiger partial charge < -0.3 is 14.9 Å². The zero-order valence-electron chi connectivity index (χ0n) is 15.6. The lowest BCUT2D eigenvalue weighted by molar-refractivity contribution is -0.133. The summed E-state index contributed by atoms with van der Waals surface area (Å²) in [6.07, 6.45) is 4.24. The average Bonchev–Trinajstić information content (AvgIpc) is 3.18. The fourth-order valence-corrected chi connectivity index (χ4v) is 3.35. The van der Waals surface area contributed by atoms with Gasteiger partial charge in [-0.15, -0.1) is 0 Å². The van der Waals surface area contributed by atoms with E-state index in [2.05, 4.69) is 15.1 Å². The maximum absolute atomic E-state index is 12.4. The van der Waals surface area contributed by atoms with Gasteiger partial charge in [0.2, 0.25) is 5.91 Å². The molecule has 8 nitrogen and oxygen atoms in total. The minimum atomic E-state index is -0.926. The van der Waals surface area contributed by atoms with E-state index in [1.54, 1.807) is 18.1 Å². The molecule has 1 N–H and O–H groups in total. The van der Waals surface area contributed by atoms with E-state index in [0.717, 1.165) is 17.2 Å². The number of anilines is 1. The topological polar surface area (TPSA) is 87.4 Å². The summed E-state index contributed by atoms with van der Waals surface area (Å²) in [7, 11) is 1.74. The number of likely N-dealkylation sites (N-methyl/N-ethyl adjacent to an activating group) is 1. The van der Waals surface area contributed by atoms with Crippen molar-refractivity contribution in [3.05, 3.63) is 36.0 Å². The van der Waals surface area contributed by atoms with Gasteiger partial charge >= 0.3 is 0 Å². The van der Waals surface area contributed by atoms with Crippen molar-refractivity contribution in [2.75, 3.05) is 31.6 Å². The molecule has 3 heterocycles. The lowest BCUT2D eigenvalue weighted by atomic mass is 10.0. The van der Waals surface area contributed by atoms with Gasteiger partial charge in [-0.3, -0.25) is 9.48 Å². The van der Waals surface area contributed by atoms with Crippen LogP contribution in [0.25, 0.3) is 0 Å². The molecule has 1 atom stereocenters. The van der Waals surface area contributed by atoms with Crippen LogP contribution in [-0.2, 0) is 11.3 Å². The van der Waals surface area contributed by atoms with Crippen molar-refractivity contribution in [2.45, 2.75) is 38.8 Å². The monoisotopic (exact) mass is 358 g/mol. The molecule has 1 unspecified atom stereocenters. The Bertz CT molecular complexity index is 777. The number of aromatic nitrogens is 4. The molecule has 140 valence electrons. The van der Waals surface area contributed by atoms with Crippen molar-refractivity contribution >= 4 is 11.7 Å². The van der Waals surface area contributed by atoms with E-state index in [4.69, 9.17) is 0 Å². The van der Waals surface area contributed by atoms with Crippen LogP contribution < -0.4 is 4.90 Å². The number of hydrogen-bond acceptors (Lipinski definition) is 6. The van der Waals surface area contributed by atoms with Gasteiger partial charge in [0.25, 0.3) is 0 Å². The molecule has 1 fully saturated rings. The Morgan fingerprint density at radius 2 is 2.19 bits per heavy atom. The molecule has 1 aliphatic heterocycles. The first kappa shape index (κ1) is 18.3. The number of aryl methyl sites for hydroxylation is 3. The van der Waals surface area contributed by atoms with Gasteiger partial charge in [0, 0.05) is 56.8 Å².